The molecule has 0 spiro atoms. The van der Waals surface area contributed by atoms with Crippen molar-refractivity contribution in [3.8, 4) is 6.07 Å². The zero-order valence-electron chi connectivity index (χ0n) is 12.4. The maximum Gasteiger partial charge on any atom is 0.129 e. The molecule has 0 aliphatic rings. The molecule has 3 nitrogen and oxygen atoms in total. The Morgan fingerprint density at radius 2 is 2.00 bits per heavy atom. The zero-order valence-corrected chi connectivity index (χ0v) is 12.4. The van der Waals surface area contributed by atoms with Crippen LogP contribution in [0, 0.1) is 22.6 Å². The van der Waals surface area contributed by atoms with Crippen LogP contribution in [0.2, 0.25) is 0 Å². The van der Waals surface area contributed by atoms with Gasteiger partial charge in [-0.3, -0.25) is 4.90 Å². The van der Waals surface area contributed by atoms with E-state index in [0.29, 0.717) is 25.1 Å². The molecule has 0 saturated heterocycles. The summed E-state index contributed by atoms with van der Waals surface area (Å²) in [5, 5.41) is 18.9. The Bertz CT molecular complexity index is 462. The van der Waals surface area contributed by atoms with Gasteiger partial charge in [0.15, 0.2) is 0 Å². The Labute approximate surface area is 120 Å². The van der Waals surface area contributed by atoms with Crippen molar-refractivity contribution in [1.82, 2.24) is 4.90 Å². The van der Waals surface area contributed by atoms with Crippen LogP contribution in [0.1, 0.15) is 38.9 Å². The van der Waals surface area contributed by atoms with Crippen LogP contribution in [-0.4, -0.2) is 29.6 Å². The number of benzene rings is 1. The SMILES string of the molecule is CC(C)(C)CN(CCC#N)CC(O)c1ccccc1F. The van der Waals surface area contributed by atoms with Crippen molar-refractivity contribution in [3.05, 3.63) is 35.6 Å². The second-order valence-electron chi connectivity index (χ2n) is 6.24. The molecule has 0 amide bonds. The van der Waals surface area contributed by atoms with Crippen LogP contribution < -0.4 is 0 Å². The summed E-state index contributed by atoms with van der Waals surface area (Å²) in [7, 11) is 0. The minimum atomic E-state index is -0.878. The van der Waals surface area contributed by atoms with Crippen LogP contribution in [0.15, 0.2) is 24.3 Å². The molecule has 1 N–H and O–H groups in total. The summed E-state index contributed by atoms with van der Waals surface area (Å²) >= 11 is 0. The molecule has 110 valence electrons. The van der Waals surface area contributed by atoms with Gasteiger partial charge in [-0.15, -0.1) is 0 Å². The van der Waals surface area contributed by atoms with Crippen LogP contribution in [-0.2, 0) is 0 Å². The lowest BCUT2D eigenvalue weighted by molar-refractivity contribution is 0.0909. The monoisotopic (exact) mass is 278 g/mol. The number of nitrogens with zero attached hydrogens (tertiary/aromatic N) is 2. The van der Waals surface area contributed by atoms with E-state index in [1.807, 2.05) is 4.90 Å². The molecule has 0 saturated carbocycles. The van der Waals surface area contributed by atoms with Gasteiger partial charge in [-0.1, -0.05) is 39.0 Å². The standard InChI is InChI=1S/C16H23FN2O/c1-16(2,3)12-19(10-6-9-18)11-15(20)13-7-4-5-8-14(13)17/h4-5,7-8,15,20H,6,10-12H2,1-3H3. The van der Waals surface area contributed by atoms with E-state index in [4.69, 9.17) is 5.26 Å². The van der Waals surface area contributed by atoms with Crippen molar-refractivity contribution in [3.63, 3.8) is 0 Å². The highest BCUT2D eigenvalue weighted by atomic mass is 19.1. The number of nitriles is 1. The lowest BCUT2D eigenvalue weighted by atomic mass is 9.95. The highest BCUT2D eigenvalue weighted by Crippen LogP contribution is 2.21. The number of hydrogen-bond donors (Lipinski definition) is 1. The molecule has 0 heterocycles. The Hall–Kier alpha value is -1.44. The van der Waals surface area contributed by atoms with E-state index in [1.165, 1.54) is 6.07 Å². The quantitative estimate of drug-likeness (QED) is 0.869. The van der Waals surface area contributed by atoms with Crippen LogP contribution >= 0.6 is 0 Å². The zero-order chi connectivity index (χ0) is 15.2. The Kier molecular flexibility index (Phi) is 6.12. The summed E-state index contributed by atoms with van der Waals surface area (Å²) in [5.74, 6) is -0.393. The Balaban J connectivity index is 2.73. The Morgan fingerprint density at radius 1 is 1.35 bits per heavy atom. The van der Waals surface area contributed by atoms with Crippen molar-refractivity contribution >= 4 is 0 Å². The largest absolute Gasteiger partial charge is 0.387 e. The van der Waals surface area contributed by atoms with E-state index in [-0.39, 0.29) is 5.41 Å². The molecule has 0 radical (unpaired) electrons. The molecule has 1 unspecified atom stereocenters. The fraction of sp³-hybridized carbons (Fsp3) is 0.562. The summed E-state index contributed by atoms with van der Waals surface area (Å²) in [6.45, 7) is 7.96. The number of aliphatic hydroxyl groups excluding tert-OH is 1. The van der Waals surface area contributed by atoms with Crippen LogP contribution in [0.5, 0.6) is 0 Å². The molecule has 0 aliphatic heterocycles. The first-order chi connectivity index (χ1) is 9.33. The molecule has 4 heteroatoms. The van der Waals surface area contributed by atoms with Gasteiger partial charge in [-0.05, 0) is 11.5 Å². The number of hydrogen-bond acceptors (Lipinski definition) is 3. The molecule has 1 rings (SSSR count). The van der Waals surface area contributed by atoms with Gasteiger partial charge in [-0.2, -0.15) is 5.26 Å². The average molecular weight is 278 g/mol. The summed E-state index contributed by atoms with van der Waals surface area (Å²) in [6, 6.07) is 8.38. The first kappa shape index (κ1) is 16.6. The number of aliphatic hydroxyl groups is 1. The highest BCUT2D eigenvalue weighted by Gasteiger charge is 2.21. The van der Waals surface area contributed by atoms with Gasteiger partial charge < -0.3 is 5.11 Å². The molecule has 0 aromatic heterocycles. The van der Waals surface area contributed by atoms with Crippen molar-refractivity contribution in [2.75, 3.05) is 19.6 Å². The number of rotatable bonds is 6. The van der Waals surface area contributed by atoms with E-state index in [9.17, 15) is 9.50 Å². The summed E-state index contributed by atoms with van der Waals surface area (Å²) in [6.07, 6.45) is -0.475. The molecule has 1 atom stereocenters. The normalized spacial score (nSPS) is 13.2. The fourth-order valence-corrected chi connectivity index (χ4v) is 2.20. The minimum absolute atomic E-state index is 0.0599. The van der Waals surface area contributed by atoms with Gasteiger partial charge in [0.05, 0.1) is 12.2 Å². The molecular weight excluding hydrogens is 255 g/mol. The second-order valence-corrected chi connectivity index (χ2v) is 6.24. The van der Waals surface area contributed by atoms with Crippen LogP contribution in [0.4, 0.5) is 4.39 Å². The van der Waals surface area contributed by atoms with Gasteiger partial charge in [0.25, 0.3) is 0 Å². The second kappa shape index (κ2) is 7.37. The number of halogens is 1. The summed E-state index contributed by atoms with van der Waals surface area (Å²) in [5.41, 5.74) is 0.369. The molecule has 20 heavy (non-hydrogen) atoms. The first-order valence-electron chi connectivity index (χ1n) is 6.85. The van der Waals surface area contributed by atoms with Crippen molar-refractivity contribution < 1.29 is 9.50 Å². The Morgan fingerprint density at radius 3 is 2.55 bits per heavy atom. The maximum atomic E-state index is 13.6. The van der Waals surface area contributed by atoms with E-state index in [0.717, 1.165) is 6.54 Å². The lowest BCUT2D eigenvalue weighted by Crippen LogP contribution is -2.36. The first-order valence-corrected chi connectivity index (χ1v) is 6.85. The smallest absolute Gasteiger partial charge is 0.129 e. The minimum Gasteiger partial charge on any atom is -0.387 e. The van der Waals surface area contributed by atoms with Gasteiger partial charge in [-0.25, -0.2) is 4.39 Å². The molecular formula is C16H23FN2O. The lowest BCUT2D eigenvalue weighted by Gasteiger charge is -2.31. The maximum absolute atomic E-state index is 13.6. The molecule has 1 aromatic rings. The third kappa shape index (κ3) is 5.68. The predicted molar refractivity (Wildman–Crippen MR) is 77.5 cm³/mol. The van der Waals surface area contributed by atoms with Gasteiger partial charge in [0.1, 0.15) is 5.82 Å². The van der Waals surface area contributed by atoms with Gasteiger partial charge in [0, 0.05) is 31.6 Å². The fourth-order valence-electron chi connectivity index (χ4n) is 2.20. The molecule has 0 aliphatic carbocycles. The summed E-state index contributed by atoms with van der Waals surface area (Å²) in [4.78, 5) is 2.01. The average Bonchev–Trinajstić information content (AvgIpc) is 2.34. The van der Waals surface area contributed by atoms with Crippen molar-refractivity contribution in [1.29, 1.82) is 5.26 Å². The van der Waals surface area contributed by atoms with Gasteiger partial charge >= 0.3 is 0 Å². The summed E-state index contributed by atoms with van der Waals surface area (Å²) < 4.78 is 13.6. The van der Waals surface area contributed by atoms with E-state index >= 15 is 0 Å². The van der Waals surface area contributed by atoms with Crippen LogP contribution in [0.25, 0.3) is 0 Å². The van der Waals surface area contributed by atoms with E-state index in [1.54, 1.807) is 18.2 Å². The van der Waals surface area contributed by atoms with Gasteiger partial charge in [0.2, 0.25) is 0 Å². The predicted octanol–water partition coefficient (Wildman–Crippen LogP) is 3.12. The third-order valence-corrected chi connectivity index (χ3v) is 2.93. The highest BCUT2D eigenvalue weighted by molar-refractivity contribution is 5.20. The third-order valence-electron chi connectivity index (χ3n) is 2.93. The van der Waals surface area contributed by atoms with Crippen molar-refractivity contribution in [2.45, 2.75) is 33.3 Å². The van der Waals surface area contributed by atoms with Crippen molar-refractivity contribution in [2.24, 2.45) is 5.41 Å². The van der Waals surface area contributed by atoms with E-state index < -0.39 is 11.9 Å². The molecule has 0 fully saturated rings. The topological polar surface area (TPSA) is 47.3 Å². The molecule has 0 bridgehead atoms. The van der Waals surface area contributed by atoms with E-state index in [2.05, 4.69) is 26.8 Å². The molecule has 1 aromatic carbocycles. The van der Waals surface area contributed by atoms with Crippen LogP contribution in [0.3, 0.4) is 0 Å².